The average molecular weight is 276 g/mol. The Morgan fingerprint density at radius 1 is 1.21 bits per heavy atom. The average Bonchev–Trinajstić information content (AvgIpc) is 2.89. The van der Waals surface area contributed by atoms with Gasteiger partial charge in [0.05, 0.1) is 20.5 Å². The molecule has 1 aromatic carbocycles. The van der Waals surface area contributed by atoms with Crippen LogP contribution in [0.25, 0.3) is 0 Å². The fraction of sp³-hybridized carbons (Fsp3) is 0.357. The molecule has 4 nitrogen and oxygen atoms in total. The van der Waals surface area contributed by atoms with E-state index in [4.69, 9.17) is 9.47 Å². The summed E-state index contributed by atoms with van der Waals surface area (Å²) in [5.74, 6) is 1.66. The van der Waals surface area contributed by atoms with E-state index < -0.39 is 8.07 Å². The Bertz CT molecular complexity index is 538. The number of para-hydroxylation sites is 1. The molecular weight excluding hydrogens is 256 g/mol. The van der Waals surface area contributed by atoms with Gasteiger partial charge in [0.15, 0.2) is 11.5 Å². The summed E-state index contributed by atoms with van der Waals surface area (Å²) in [5, 5.41) is 1.27. The molecule has 2 aromatic rings. The lowest BCUT2D eigenvalue weighted by Crippen LogP contribution is -2.46. The Labute approximate surface area is 115 Å². The van der Waals surface area contributed by atoms with Crippen LogP contribution in [-0.4, -0.2) is 31.8 Å². The maximum absolute atomic E-state index is 5.56. The highest BCUT2D eigenvalue weighted by molar-refractivity contribution is 6.89. The molecule has 0 radical (unpaired) electrons. The predicted molar refractivity (Wildman–Crippen MR) is 78.9 cm³/mol. The summed E-state index contributed by atoms with van der Waals surface area (Å²) in [5.41, 5.74) is 0. The van der Waals surface area contributed by atoms with Crippen molar-refractivity contribution in [3.05, 3.63) is 36.9 Å². The van der Waals surface area contributed by atoms with Crippen molar-refractivity contribution in [2.75, 3.05) is 14.2 Å². The molecule has 0 atom stereocenters. The van der Waals surface area contributed by atoms with Crippen molar-refractivity contribution in [2.45, 2.75) is 19.3 Å². The quantitative estimate of drug-likeness (QED) is 0.784. The Kier molecular flexibility index (Phi) is 3.95. The van der Waals surface area contributed by atoms with Crippen molar-refractivity contribution in [3.63, 3.8) is 0 Å². The zero-order valence-corrected chi connectivity index (χ0v) is 12.9. The van der Waals surface area contributed by atoms with Crippen LogP contribution in [0, 0.1) is 0 Å². The Balaban J connectivity index is 2.39. The molecule has 0 unspecified atom stereocenters. The Morgan fingerprint density at radius 2 is 2.00 bits per heavy atom. The highest BCUT2D eigenvalue weighted by atomic mass is 28.3. The molecular formula is C14H20N2O2Si. The Hall–Kier alpha value is -1.75. The largest absolute Gasteiger partial charge is 0.493 e. The summed E-state index contributed by atoms with van der Waals surface area (Å²) in [6.07, 6.45) is 6.65. The van der Waals surface area contributed by atoms with Crippen LogP contribution in [0.1, 0.15) is 0 Å². The number of rotatable bonds is 5. The molecule has 0 amide bonds. The van der Waals surface area contributed by atoms with E-state index in [9.17, 15) is 0 Å². The number of hydrogen-bond acceptors (Lipinski definition) is 3. The molecule has 0 saturated carbocycles. The lowest BCUT2D eigenvalue weighted by atomic mass is 10.3. The van der Waals surface area contributed by atoms with Gasteiger partial charge in [0.1, 0.15) is 8.07 Å². The minimum atomic E-state index is -1.68. The van der Waals surface area contributed by atoms with Crippen LogP contribution in [0.3, 0.4) is 0 Å². The van der Waals surface area contributed by atoms with E-state index in [0.29, 0.717) is 0 Å². The van der Waals surface area contributed by atoms with Crippen LogP contribution < -0.4 is 14.7 Å². The predicted octanol–water partition coefficient (Wildman–Crippen LogP) is 2.06. The molecule has 0 bridgehead atoms. The summed E-state index contributed by atoms with van der Waals surface area (Å²) < 4.78 is 13.1. The van der Waals surface area contributed by atoms with Crippen molar-refractivity contribution < 1.29 is 9.47 Å². The van der Waals surface area contributed by atoms with Crippen LogP contribution >= 0.6 is 0 Å². The number of aromatic nitrogens is 2. The summed E-state index contributed by atoms with van der Waals surface area (Å²) in [7, 11) is 1.69. The second kappa shape index (κ2) is 5.48. The standard InChI is InChI=1S/C14H20N2O2Si/c1-17-12-6-5-7-13(14(12)18-2)19(3,4)11-16-9-8-15-10-16/h5-10H,11H2,1-4H3. The molecule has 0 saturated heterocycles. The van der Waals surface area contributed by atoms with Crippen LogP contribution in [0.2, 0.25) is 13.1 Å². The number of benzene rings is 1. The van der Waals surface area contributed by atoms with Gasteiger partial charge in [0.25, 0.3) is 0 Å². The van der Waals surface area contributed by atoms with E-state index in [1.165, 1.54) is 5.19 Å². The zero-order chi connectivity index (χ0) is 13.9. The number of imidazole rings is 1. The third-order valence-electron chi connectivity index (χ3n) is 3.27. The number of hydrogen-bond donors (Lipinski definition) is 0. The summed E-state index contributed by atoms with van der Waals surface area (Å²) in [6.45, 7) is 4.65. The molecule has 1 aromatic heterocycles. The highest BCUT2D eigenvalue weighted by Crippen LogP contribution is 2.27. The van der Waals surface area contributed by atoms with Gasteiger partial charge in [-0.25, -0.2) is 4.98 Å². The molecule has 1 heterocycles. The maximum Gasteiger partial charge on any atom is 0.160 e. The Morgan fingerprint density at radius 3 is 2.58 bits per heavy atom. The molecule has 0 aliphatic heterocycles. The monoisotopic (exact) mass is 276 g/mol. The van der Waals surface area contributed by atoms with Crippen molar-refractivity contribution in [2.24, 2.45) is 0 Å². The van der Waals surface area contributed by atoms with E-state index in [1.807, 2.05) is 30.9 Å². The molecule has 19 heavy (non-hydrogen) atoms. The van der Waals surface area contributed by atoms with Crippen LogP contribution in [0.5, 0.6) is 11.5 Å². The van der Waals surface area contributed by atoms with Crippen molar-refractivity contribution >= 4 is 13.3 Å². The van der Waals surface area contributed by atoms with E-state index in [-0.39, 0.29) is 0 Å². The zero-order valence-electron chi connectivity index (χ0n) is 11.9. The van der Waals surface area contributed by atoms with Crippen molar-refractivity contribution in [1.82, 2.24) is 9.55 Å². The molecule has 0 fully saturated rings. The van der Waals surface area contributed by atoms with E-state index in [0.717, 1.165) is 17.7 Å². The van der Waals surface area contributed by atoms with Crippen LogP contribution in [-0.2, 0) is 6.17 Å². The molecule has 0 N–H and O–H groups in total. The first-order chi connectivity index (χ1) is 9.08. The molecule has 5 heteroatoms. The second-order valence-corrected chi connectivity index (χ2v) is 9.78. The normalized spacial score (nSPS) is 11.4. The fourth-order valence-corrected chi connectivity index (χ4v) is 5.00. The lowest BCUT2D eigenvalue weighted by molar-refractivity contribution is 0.357. The number of ether oxygens (including phenoxy) is 2. The smallest absolute Gasteiger partial charge is 0.160 e. The first-order valence-electron chi connectivity index (χ1n) is 6.25. The lowest BCUT2D eigenvalue weighted by Gasteiger charge is -2.26. The van der Waals surface area contributed by atoms with E-state index >= 15 is 0 Å². The first-order valence-corrected chi connectivity index (χ1v) is 9.46. The molecule has 102 valence electrons. The third kappa shape index (κ3) is 2.81. The van der Waals surface area contributed by atoms with Crippen LogP contribution in [0.4, 0.5) is 0 Å². The van der Waals surface area contributed by atoms with Gasteiger partial charge in [-0.2, -0.15) is 0 Å². The van der Waals surface area contributed by atoms with Gasteiger partial charge < -0.3 is 14.0 Å². The van der Waals surface area contributed by atoms with E-state index in [1.54, 1.807) is 14.2 Å². The van der Waals surface area contributed by atoms with Gasteiger partial charge in [-0.05, 0) is 11.3 Å². The van der Waals surface area contributed by atoms with Gasteiger partial charge >= 0.3 is 0 Å². The van der Waals surface area contributed by atoms with Gasteiger partial charge in [-0.15, -0.1) is 0 Å². The molecule has 0 aliphatic rings. The topological polar surface area (TPSA) is 36.3 Å². The molecule has 0 spiro atoms. The molecule has 2 rings (SSSR count). The second-order valence-electron chi connectivity index (χ2n) is 5.16. The van der Waals surface area contributed by atoms with Crippen molar-refractivity contribution in [1.29, 1.82) is 0 Å². The summed E-state index contributed by atoms with van der Waals surface area (Å²) >= 11 is 0. The van der Waals surface area contributed by atoms with Gasteiger partial charge in [0.2, 0.25) is 0 Å². The molecule has 0 aliphatic carbocycles. The van der Waals surface area contributed by atoms with Gasteiger partial charge in [0, 0.05) is 18.6 Å². The summed E-state index contributed by atoms with van der Waals surface area (Å²) in [4.78, 5) is 4.11. The number of nitrogens with zero attached hydrogens (tertiary/aromatic N) is 2. The van der Waals surface area contributed by atoms with E-state index in [2.05, 4.69) is 28.7 Å². The summed E-state index contributed by atoms with van der Waals surface area (Å²) in [6, 6.07) is 6.11. The highest BCUT2D eigenvalue weighted by Gasteiger charge is 2.29. The fourth-order valence-electron chi connectivity index (χ4n) is 2.34. The van der Waals surface area contributed by atoms with Crippen molar-refractivity contribution in [3.8, 4) is 11.5 Å². The third-order valence-corrected chi connectivity index (χ3v) is 6.28. The van der Waals surface area contributed by atoms with Crippen LogP contribution in [0.15, 0.2) is 36.9 Å². The number of methoxy groups -OCH3 is 2. The minimum Gasteiger partial charge on any atom is -0.493 e. The van der Waals surface area contributed by atoms with Gasteiger partial charge in [-0.1, -0.05) is 25.2 Å². The minimum absolute atomic E-state index is 0.797. The first kappa shape index (κ1) is 13.7. The maximum atomic E-state index is 5.56. The van der Waals surface area contributed by atoms with Gasteiger partial charge in [-0.3, -0.25) is 0 Å². The SMILES string of the molecule is COc1cccc([Si](C)(C)Cn2ccnc2)c1OC.